The first-order valence-corrected chi connectivity index (χ1v) is 23.4. The molecule has 3 aromatic rings. The minimum Gasteiger partial charge on any atom is -0.479 e. The van der Waals surface area contributed by atoms with Gasteiger partial charge < -0.3 is 83.9 Å². The number of esters is 1. The zero-order valence-corrected chi connectivity index (χ0v) is 38.7. The summed E-state index contributed by atoms with van der Waals surface area (Å²) in [5, 5.41) is 106. The van der Waals surface area contributed by atoms with E-state index in [0.717, 1.165) is 11.1 Å². The number of carbonyl (C=O) groups excluding carboxylic acids is 1. The maximum atomic E-state index is 13.7. The molecule has 3 saturated heterocycles. The Hall–Kier alpha value is -4.08. The predicted molar refractivity (Wildman–Crippen MR) is 236 cm³/mol. The Kier molecular flexibility index (Phi) is 17.9. The molecule has 0 radical (unpaired) electrons. The van der Waals surface area contributed by atoms with E-state index in [1.54, 1.807) is 38.2 Å². The topological polar surface area (TPSA) is 321 Å². The molecule has 4 aliphatic rings. The lowest BCUT2D eigenvalue weighted by Gasteiger charge is -2.48. The summed E-state index contributed by atoms with van der Waals surface area (Å²) in [6, 6.07) is 14.2. The summed E-state index contributed by atoms with van der Waals surface area (Å²) in [5.74, 6) is -3.20. The van der Waals surface area contributed by atoms with Gasteiger partial charge in [-0.1, -0.05) is 67.4 Å². The summed E-state index contributed by atoms with van der Waals surface area (Å²) < 4.78 is 50.5. The van der Waals surface area contributed by atoms with Crippen LogP contribution in [0.5, 0.6) is 0 Å². The molecule has 9 unspecified atom stereocenters. The number of hydrogen-bond acceptors (Lipinski definition) is 20. The number of ether oxygens (including phenoxy) is 8. The second-order valence-corrected chi connectivity index (χ2v) is 18.4. The van der Waals surface area contributed by atoms with E-state index in [1.807, 2.05) is 31.2 Å². The van der Waals surface area contributed by atoms with Gasteiger partial charge in [-0.05, 0) is 63.1 Å². The largest absolute Gasteiger partial charge is 0.479 e. The summed E-state index contributed by atoms with van der Waals surface area (Å²) in [6.07, 6.45) is -22.2. The van der Waals surface area contributed by atoms with Crippen molar-refractivity contribution in [1.82, 2.24) is 15.0 Å². The lowest BCUT2D eigenvalue weighted by atomic mass is 9.78. The number of aryl methyl sites for hydroxylation is 1. The van der Waals surface area contributed by atoms with Gasteiger partial charge in [-0.2, -0.15) is 0 Å². The van der Waals surface area contributed by atoms with Gasteiger partial charge in [-0.15, -0.1) is 5.10 Å². The van der Waals surface area contributed by atoms with Crippen LogP contribution in [0.25, 0.3) is 11.3 Å². The molecule has 382 valence electrons. The molecule has 4 fully saturated rings. The highest BCUT2D eigenvalue weighted by atomic mass is 16.7. The number of aliphatic carboxylic acids is 1. The second-order valence-electron chi connectivity index (χ2n) is 18.4. The molecule has 69 heavy (non-hydrogen) atoms. The third-order valence-corrected chi connectivity index (χ3v) is 13.3. The fourth-order valence-electron chi connectivity index (χ4n) is 9.54. The van der Waals surface area contributed by atoms with Crippen LogP contribution in [0.15, 0.2) is 60.8 Å². The lowest BCUT2D eigenvalue weighted by Crippen LogP contribution is -2.64. The minimum absolute atomic E-state index is 0.0138. The van der Waals surface area contributed by atoms with Crippen molar-refractivity contribution in [2.75, 3.05) is 19.8 Å². The van der Waals surface area contributed by atoms with E-state index in [-0.39, 0.29) is 25.0 Å². The number of rotatable bonds is 18. The average Bonchev–Trinajstić information content (AvgIpc) is 3.82. The maximum Gasteiger partial charge on any atom is 0.338 e. The summed E-state index contributed by atoms with van der Waals surface area (Å²) in [5.41, 5.74) is 2.32. The molecule has 7 rings (SSSR count). The Bertz CT molecular complexity index is 2120. The van der Waals surface area contributed by atoms with Crippen LogP contribution in [0.2, 0.25) is 0 Å². The van der Waals surface area contributed by atoms with Gasteiger partial charge in [-0.3, -0.25) is 0 Å². The van der Waals surface area contributed by atoms with E-state index < -0.39 is 147 Å². The highest BCUT2D eigenvalue weighted by Crippen LogP contribution is 2.40. The molecule has 2 aromatic carbocycles. The SMILES string of the molecule is CCC[C@H](OC1C(OC(=O)c2ccccc2)[C@H](O[C@@H]2CC(CO[C@H]3OC(CO)[C@@H](O)C(n4cc(-c5cccc(C)c5)nn4)C3O)CC(C)[C@H]2O[C@@H]2OC(C)[C@@H](O)[C@H](O)C2O)O[C@@H](CO)[C@@H]1O)C(=O)O. The Morgan fingerprint density at radius 3 is 2.17 bits per heavy atom. The molecular weight excluding hydrogens is 911 g/mol. The summed E-state index contributed by atoms with van der Waals surface area (Å²) in [6.45, 7) is 5.42. The first kappa shape index (κ1) is 52.7. The van der Waals surface area contributed by atoms with Gasteiger partial charge in [0.1, 0.15) is 66.7 Å². The van der Waals surface area contributed by atoms with E-state index in [9.17, 15) is 55.5 Å². The molecule has 0 spiro atoms. The van der Waals surface area contributed by atoms with Crippen LogP contribution < -0.4 is 0 Å². The fraction of sp³-hybridized carbons (Fsp3) is 0.660. The van der Waals surface area contributed by atoms with E-state index in [4.69, 9.17) is 37.9 Å². The Balaban J connectivity index is 1.17. The molecule has 4 heterocycles. The number of carbonyl (C=O) groups is 2. The van der Waals surface area contributed by atoms with Gasteiger partial charge >= 0.3 is 11.9 Å². The van der Waals surface area contributed by atoms with Crippen molar-refractivity contribution < 1.29 is 93.4 Å². The number of hydrogen-bond donors (Lipinski definition) is 9. The molecule has 22 heteroatoms. The molecule has 1 saturated carbocycles. The van der Waals surface area contributed by atoms with Crippen LogP contribution in [0, 0.1) is 18.8 Å². The summed E-state index contributed by atoms with van der Waals surface area (Å²) >= 11 is 0. The van der Waals surface area contributed by atoms with Gasteiger partial charge in [-0.25, -0.2) is 14.3 Å². The molecule has 9 N–H and O–H groups in total. The van der Waals surface area contributed by atoms with Gasteiger partial charge in [0.15, 0.2) is 31.1 Å². The van der Waals surface area contributed by atoms with Crippen LogP contribution in [0.3, 0.4) is 0 Å². The van der Waals surface area contributed by atoms with Crippen molar-refractivity contribution in [1.29, 1.82) is 0 Å². The highest BCUT2D eigenvalue weighted by molar-refractivity contribution is 5.89. The van der Waals surface area contributed by atoms with Crippen molar-refractivity contribution in [3.8, 4) is 11.3 Å². The van der Waals surface area contributed by atoms with E-state index in [2.05, 4.69) is 10.3 Å². The molecule has 20 atom stereocenters. The lowest BCUT2D eigenvalue weighted by molar-refractivity contribution is -0.350. The van der Waals surface area contributed by atoms with Crippen molar-refractivity contribution in [3.05, 3.63) is 71.9 Å². The van der Waals surface area contributed by atoms with E-state index in [0.29, 0.717) is 18.5 Å². The number of benzene rings is 2. The first-order valence-electron chi connectivity index (χ1n) is 23.4. The Morgan fingerprint density at radius 1 is 0.783 bits per heavy atom. The summed E-state index contributed by atoms with van der Waals surface area (Å²) in [7, 11) is 0. The normalized spacial score (nSPS) is 37.8. The van der Waals surface area contributed by atoms with Crippen LogP contribution >= 0.6 is 0 Å². The molecule has 0 amide bonds. The molecule has 1 aliphatic carbocycles. The van der Waals surface area contributed by atoms with Crippen molar-refractivity contribution in [2.24, 2.45) is 11.8 Å². The average molecular weight is 976 g/mol. The van der Waals surface area contributed by atoms with Crippen LogP contribution in [0.4, 0.5) is 0 Å². The van der Waals surface area contributed by atoms with Crippen LogP contribution in [0.1, 0.15) is 68.4 Å². The molecule has 0 bridgehead atoms. The van der Waals surface area contributed by atoms with Crippen molar-refractivity contribution >= 4 is 11.9 Å². The van der Waals surface area contributed by atoms with Gasteiger partial charge in [0.05, 0.1) is 49.9 Å². The third-order valence-electron chi connectivity index (χ3n) is 13.3. The molecule has 1 aromatic heterocycles. The third kappa shape index (κ3) is 12.0. The van der Waals surface area contributed by atoms with Crippen LogP contribution in [-0.2, 0) is 42.7 Å². The smallest absolute Gasteiger partial charge is 0.338 e. The predicted octanol–water partition coefficient (Wildman–Crippen LogP) is -0.164. The molecule has 3 aliphatic heterocycles. The second kappa shape index (κ2) is 23.4. The summed E-state index contributed by atoms with van der Waals surface area (Å²) in [4.78, 5) is 26.1. The van der Waals surface area contributed by atoms with Crippen molar-refractivity contribution in [2.45, 2.75) is 164 Å². The zero-order valence-electron chi connectivity index (χ0n) is 38.7. The number of carboxylic acid groups (broad SMARTS) is 1. The van der Waals surface area contributed by atoms with Crippen molar-refractivity contribution in [3.63, 3.8) is 0 Å². The standard InChI is InChI=1S/C47H65N3O19/c1-5-10-29(43(59)60)64-41-36(55)32(20-52)67-47(42(41)68-44(61)26-12-7-6-8-13-26)65-30-17-25(16-23(3)40(30)69-46-39(58)38(57)34(53)24(4)63-46)21-62-45-37(56)33(35(54)31(19-51)66-45)50-18-28(48-49-50)27-14-9-11-22(2)15-27/h6-9,11-15,18,23-25,29-42,45-47,51-58H,5,10,16-17,19-21H2,1-4H3,(H,59,60)/t23?,24?,25?,29-,30+,31?,32-,33?,34+,35+,36-,37?,38-,39?,40+,41?,42?,45-,46-,47+/m0/s1. The minimum atomic E-state index is -1.72. The molecular formula is C47H65N3O19. The number of aliphatic hydroxyl groups excluding tert-OH is 8. The highest BCUT2D eigenvalue weighted by Gasteiger charge is 2.54. The number of aliphatic hydroxyl groups is 8. The zero-order chi connectivity index (χ0) is 49.7. The monoisotopic (exact) mass is 975 g/mol. The number of nitrogens with zero attached hydrogens (tertiary/aromatic N) is 3. The number of carboxylic acids is 1. The van der Waals surface area contributed by atoms with E-state index in [1.165, 1.54) is 23.7 Å². The maximum absolute atomic E-state index is 13.7. The van der Waals surface area contributed by atoms with Gasteiger partial charge in [0, 0.05) is 5.56 Å². The Labute approximate surface area is 398 Å². The van der Waals surface area contributed by atoms with Gasteiger partial charge in [0.25, 0.3) is 0 Å². The Morgan fingerprint density at radius 2 is 1.49 bits per heavy atom. The quantitative estimate of drug-likeness (QED) is 0.0748. The molecule has 22 nitrogen and oxygen atoms in total. The first-order chi connectivity index (χ1) is 33.0. The number of aromatic nitrogens is 3. The van der Waals surface area contributed by atoms with Crippen LogP contribution in [-0.4, -0.2) is 197 Å². The van der Waals surface area contributed by atoms with E-state index >= 15 is 0 Å². The van der Waals surface area contributed by atoms with Gasteiger partial charge in [0.2, 0.25) is 0 Å². The fourth-order valence-corrected chi connectivity index (χ4v) is 9.54.